The SMILES string of the molecule is c1ccc2c(c1)nnn2Cc1nc2ccccc2n1CC1CCCN2CCCCC12. The molecule has 2 aliphatic rings. The molecule has 2 atom stereocenters. The van der Waals surface area contributed by atoms with E-state index < -0.39 is 0 Å². The van der Waals surface area contributed by atoms with Crippen LogP contribution in [0.5, 0.6) is 0 Å². The predicted octanol–water partition coefficient (Wildman–Crippen LogP) is 4.09. The fourth-order valence-electron chi connectivity index (χ4n) is 5.64. The highest BCUT2D eigenvalue weighted by molar-refractivity contribution is 5.76. The molecule has 2 aliphatic heterocycles. The number of imidazole rings is 1. The van der Waals surface area contributed by atoms with Crippen molar-refractivity contribution in [1.29, 1.82) is 0 Å². The minimum Gasteiger partial charge on any atom is -0.326 e. The van der Waals surface area contributed by atoms with Gasteiger partial charge in [-0.05, 0) is 69.0 Å². The third kappa shape index (κ3) is 3.10. The van der Waals surface area contributed by atoms with Crippen molar-refractivity contribution in [3.05, 3.63) is 54.4 Å². The summed E-state index contributed by atoms with van der Waals surface area (Å²) in [6, 6.07) is 17.4. The highest BCUT2D eigenvalue weighted by Gasteiger charge is 2.33. The van der Waals surface area contributed by atoms with Crippen molar-refractivity contribution in [2.45, 2.75) is 51.2 Å². The van der Waals surface area contributed by atoms with Gasteiger partial charge in [-0.2, -0.15) is 0 Å². The van der Waals surface area contributed by atoms with Crippen LogP contribution in [-0.2, 0) is 13.1 Å². The molecule has 0 amide bonds. The molecule has 0 N–H and O–H groups in total. The minimum atomic E-state index is 0.649. The van der Waals surface area contributed by atoms with Crippen molar-refractivity contribution in [2.24, 2.45) is 5.92 Å². The van der Waals surface area contributed by atoms with E-state index in [1.165, 1.54) is 50.7 Å². The lowest BCUT2D eigenvalue weighted by atomic mass is 9.83. The molecular weight excluding hydrogens is 372 g/mol. The molecule has 6 rings (SSSR count). The molecule has 4 heterocycles. The number of hydrogen-bond donors (Lipinski definition) is 0. The molecule has 6 nitrogen and oxygen atoms in total. The second kappa shape index (κ2) is 7.51. The van der Waals surface area contributed by atoms with E-state index in [-0.39, 0.29) is 0 Å². The second-order valence-electron chi connectivity index (χ2n) is 8.86. The molecule has 2 unspecified atom stereocenters. The first-order chi connectivity index (χ1) is 14.9. The third-order valence-corrected chi connectivity index (χ3v) is 7.09. The van der Waals surface area contributed by atoms with Gasteiger partial charge in [-0.25, -0.2) is 9.67 Å². The Morgan fingerprint density at radius 2 is 1.63 bits per heavy atom. The molecular formula is C24H28N6. The van der Waals surface area contributed by atoms with Crippen LogP contribution < -0.4 is 0 Å². The highest BCUT2D eigenvalue weighted by atomic mass is 15.4. The maximum Gasteiger partial charge on any atom is 0.131 e. The Morgan fingerprint density at radius 3 is 2.57 bits per heavy atom. The summed E-state index contributed by atoms with van der Waals surface area (Å²) in [5.74, 6) is 1.78. The van der Waals surface area contributed by atoms with Crippen molar-refractivity contribution in [3.8, 4) is 0 Å². The lowest BCUT2D eigenvalue weighted by molar-refractivity contribution is 0.0520. The topological polar surface area (TPSA) is 51.8 Å². The van der Waals surface area contributed by atoms with Crippen molar-refractivity contribution < 1.29 is 0 Å². The van der Waals surface area contributed by atoms with E-state index in [9.17, 15) is 0 Å². The van der Waals surface area contributed by atoms with Gasteiger partial charge in [0.1, 0.15) is 17.9 Å². The number of rotatable bonds is 4. The summed E-state index contributed by atoms with van der Waals surface area (Å²) in [5, 5.41) is 8.76. The van der Waals surface area contributed by atoms with Gasteiger partial charge in [-0.15, -0.1) is 5.10 Å². The average Bonchev–Trinajstić information content (AvgIpc) is 3.36. The number of piperidine rings is 2. The molecule has 0 aliphatic carbocycles. The van der Waals surface area contributed by atoms with Crippen LogP contribution in [0.2, 0.25) is 0 Å². The molecule has 0 bridgehead atoms. The Kier molecular flexibility index (Phi) is 4.52. The van der Waals surface area contributed by atoms with Gasteiger partial charge in [-0.3, -0.25) is 0 Å². The summed E-state index contributed by atoms with van der Waals surface area (Å²) in [6.45, 7) is 4.26. The lowest BCUT2D eigenvalue weighted by Gasteiger charge is -2.44. The van der Waals surface area contributed by atoms with E-state index in [0.29, 0.717) is 12.5 Å². The molecule has 2 fully saturated rings. The first-order valence-corrected chi connectivity index (χ1v) is 11.3. The first kappa shape index (κ1) is 18.1. The van der Waals surface area contributed by atoms with Gasteiger partial charge in [0.05, 0.1) is 16.6 Å². The summed E-state index contributed by atoms with van der Waals surface area (Å²) < 4.78 is 4.45. The van der Waals surface area contributed by atoms with Gasteiger partial charge in [0.15, 0.2) is 0 Å². The zero-order chi connectivity index (χ0) is 19.9. The standard InChI is InChI=1S/C24H28N6/c1-3-12-22-19(9-1)25-24(17-30-23-13-4-2-10-20(23)26-27-30)29(22)16-18-8-7-15-28-14-6-5-11-21(18)28/h1-4,9-10,12-13,18,21H,5-8,11,14-17H2. The predicted molar refractivity (Wildman–Crippen MR) is 118 cm³/mol. The van der Waals surface area contributed by atoms with E-state index in [0.717, 1.165) is 35.0 Å². The number of benzene rings is 2. The Balaban J connectivity index is 1.37. The number of fused-ring (bicyclic) bond motifs is 3. The molecule has 0 radical (unpaired) electrons. The van der Waals surface area contributed by atoms with Crippen LogP contribution in [0.1, 0.15) is 37.9 Å². The Hall–Kier alpha value is -2.73. The fourth-order valence-corrected chi connectivity index (χ4v) is 5.64. The van der Waals surface area contributed by atoms with Crippen LogP contribution >= 0.6 is 0 Å². The van der Waals surface area contributed by atoms with E-state index >= 15 is 0 Å². The van der Waals surface area contributed by atoms with Crippen molar-refractivity contribution in [1.82, 2.24) is 29.4 Å². The van der Waals surface area contributed by atoms with Crippen LogP contribution in [0, 0.1) is 5.92 Å². The van der Waals surface area contributed by atoms with E-state index in [2.05, 4.69) is 50.1 Å². The Bertz CT molecular complexity index is 1170. The van der Waals surface area contributed by atoms with Crippen LogP contribution in [0.4, 0.5) is 0 Å². The molecule has 0 spiro atoms. The molecule has 6 heteroatoms. The molecule has 30 heavy (non-hydrogen) atoms. The first-order valence-electron chi connectivity index (χ1n) is 11.3. The smallest absolute Gasteiger partial charge is 0.131 e. The van der Waals surface area contributed by atoms with Crippen LogP contribution in [0.15, 0.2) is 48.5 Å². The quantitative estimate of drug-likeness (QED) is 0.518. The van der Waals surface area contributed by atoms with Crippen LogP contribution in [0.25, 0.3) is 22.1 Å². The molecule has 0 saturated carbocycles. The molecule has 4 aromatic rings. The van der Waals surface area contributed by atoms with Crippen LogP contribution in [0.3, 0.4) is 0 Å². The van der Waals surface area contributed by atoms with Crippen molar-refractivity contribution in [2.75, 3.05) is 13.1 Å². The van der Waals surface area contributed by atoms with E-state index in [4.69, 9.17) is 4.98 Å². The van der Waals surface area contributed by atoms with Gasteiger partial charge >= 0.3 is 0 Å². The second-order valence-corrected chi connectivity index (χ2v) is 8.86. The fraction of sp³-hybridized carbons (Fsp3) is 0.458. The maximum absolute atomic E-state index is 5.02. The minimum absolute atomic E-state index is 0.649. The molecule has 2 aromatic heterocycles. The normalized spacial score (nSPS) is 22.5. The van der Waals surface area contributed by atoms with Crippen molar-refractivity contribution >= 4 is 22.1 Å². The van der Waals surface area contributed by atoms with Gasteiger partial charge in [0, 0.05) is 12.6 Å². The Morgan fingerprint density at radius 1 is 0.833 bits per heavy atom. The third-order valence-electron chi connectivity index (χ3n) is 7.09. The number of para-hydroxylation sites is 3. The summed E-state index contributed by atoms with van der Waals surface area (Å²) in [7, 11) is 0. The van der Waals surface area contributed by atoms with Gasteiger partial charge in [-0.1, -0.05) is 35.9 Å². The average molecular weight is 401 g/mol. The summed E-state index contributed by atoms with van der Waals surface area (Å²) in [5.41, 5.74) is 4.32. The van der Waals surface area contributed by atoms with Crippen LogP contribution in [-0.4, -0.2) is 48.6 Å². The van der Waals surface area contributed by atoms with Gasteiger partial charge in [0.25, 0.3) is 0 Å². The zero-order valence-electron chi connectivity index (χ0n) is 17.3. The van der Waals surface area contributed by atoms with Gasteiger partial charge < -0.3 is 9.47 Å². The summed E-state index contributed by atoms with van der Waals surface area (Å²) in [4.78, 5) is 7.78. The molecule has 2 aromatic carbocycles. The monoisotopic (exact) mass is 400 g/mol. The van der Waals surface area contributed by atoms with Gasteiger partial charge in [0.2, 0.25) is 0 Å². The van der Waals surface area contributed by atoms with E-state index in [1.54, 1.807) is 0 Å². The molecule has 2 saturated heterocycles. The summed E-state index contributed by atoms with van der Waals surface area (Å²) in [6.07, 6.45) is 6.72. The zero-order valence-corrected chi connectivity index (χ0v) is 17.3. The number of hydrogen-bond acceptors (Lipinski definition) is 4. The maximum atomic E-state index is 5.02. The van der Waals surface area contributed by atoms with E-state index in [1.807, 2.05) is 22.9 Å². The lowest BCUT2D eigenvalue weighted by Crippen LogP contribution is -2.49. The largest absolute Gasteiger partial charge is 0.326 e. The summed E-state index contributed by atoms with van der Waals surface area (Å²) >= 11 is 0. The number of aromatic nitrogens is 5. The molecule has 154 valence electrons. The highest BCUT2D eigenvalue weighted by Crippen LogP contribution is 2.33. The Labute approximate surface area is 176 Å². The van der Waals surface area contributed by atoms with Crippen molar-refractivity contribution in [3.63, 3.8) is 0 Å². The number of nitrogens with zero attached hydrogens (tertiary/aromatic N) is 6.